The molecule has 0 spiro atoms. The van der Waals surface area contributed by atoms with Gasteiger partial charge in [-0.25, -0.2) is 4.39 Å². The van der Waals surface area contributed by atoms with Crippen LogP contribution < -0.4 is 15.6 Å². The summed E-state index contributed by atoms with van der Waals surface area (Å²) in [5.41, 5.74) is 2.09. The fourth-order valence-corrected chi connectivity index (χ4v) is 4.79. The first-order chi connectivity index (χ1) is 16.2. The second-order valence-electron chi connectivity index (χ2n) is 7.95. The number of pyridine rings is 1. The molecule has 0 saturated heterocycles. The van der Waals surface area contributed by atoms with Gasteiger partial charge in [-0.15, -0.1) is 11.3 Å². The number of halogens is 1. The summed E-state index contributed by atoms with van der Waals surface area (Å²) < 4.78 is 21.8. The van der Waals surface area contributed by atoms with E-state index in [-0.39, 0.29) is 23.1 Å². The molecule has 174 valence electrons. The van der Waals surface area contributed by atoms with E-state index < -0.39 is 0 Å². The van der Waals surface area contributed by atoms with Crippen LogP contribution in [0.2, 0.25) is 0 Å². The monoisotopic (exact) mass is 478 g/mol. The zero-order valence-corrected chi connectivity index (χ0v) is 20.0. The van der Waals surface area contributed by atoms with Gasteiger partial charge >= 0.3 is 0 Å². The summed E-state index contributed by atoms with van der Waals surface area (Å²) in [6, 6.07) is 10.9. The van der Waals surface area contributed by atoms with Crippen molar-refractivity contribution in [1.82, 2.24) is 9.88 Å². The molecule has 0 aliphatic heterocycles. The highest BCUT2D eigenvalue weighted by atomic mass is 32.1. The lowest BCUT2D eigenvalue weighted by Crippen LogP contribution is -2.21. The molecule has 0 radical (unpaired) electrons. The van der Waals surface area contributed by atoms with Crippen LogP contribution in [0, 0.1) is 12.7 Å². The van der Waals surface area contributed by atoms with Crippen LogP contribution in [-0.4, -0.2) is 22.8 Å². The Morgan fingerprint density at radius 1 is 1.09 bits per heavy atom. The Kier molecular flexibility index (Phi) is 6.34. The predicted octanol–water partition coefficient (Wildman–Crippen LogP) is 5.46. The number of ketones is 1. The molecule has 1 amide bonds. The summed E-state index contributed by atoms with van der Waals surface area (Å²) in [5.74, 6) is 0.156. The van der Waals surface area contributed by atoms with Gasteiger partial charge in [-0.05, 0) is 68.8 Å². The van der Waals surface area contributed by atoms with Gasteiger partial charge in [0.2, 0.25) is 0 Å². The molecule has 0 saturated carbocycles. The molecule has 4 aromatic rings. The summed E-state index contributed by atoms with van der Waals surface area (Å²) in [6.45, 7) is 5.50. The van der Waals surface area contributed by atoms with Gasteiger partial charge in [0.1, 0.15) is 17.3 Å². The highest BCUT2D eigenvalue weighted by Crippen LogP contribution is 2.40. The number of nitrogens with one attached hydrogen (secondary N) is 1. The van der Waals surface area contributed by atoms with Gasteiger partial charge in [-0.1, -0.05) is 0 Å². The van der Waals surface area contributed by atoms with Crippen LogP contribution in [0.3, 0.4) is 0 Å². The highest BCUT2D eigenvalue weighted by molar-refractivity contribution is 7.21. The lowest BCUT2D eigenvalue weighted by atomic mass is 10.0. The standard InChI is InChI=1S/C26H23FN2O4S/c1-5-28-25(31)23-12-19-24(34-23)20(13-29(4)26(19)32)18-11-16(15(3)30)6-8-22(18)33-21-9-7-17(27)10-14(21)2/h6-13H,5H2,1-4H3,(H,28,31). The number of aromatic nitrogens is 1. The highest BCUT2D eigenvalue weighted by Gasteiger charge is 2.20. The smallest absolute Gasteiger partial charge is 0.261 e. The third-order valence-corrected chi connectivity index (χ3v) is 6.61. The number of hydrogen-bond acceptors (Lipinski definition) is 5. The number of aryl methyl sites for hydroxylation is 2. The Morgan fingerprint density at radius 2 is 1.82 bits per heavy atom. The zero-order chi connectivity index (χ0) is 24.6. The Bertz CT molecular complexity index is 1500. The molecule has 1 N–H and O–H groups in total. The summed E-state index contributed by atoms with van der Waals surface area (Å²) in [5, 5.41) is 3.16. The Morgan fingerprint density at radius 3 is 2.50 bits per heavy atom. The molecule has 6 nitrogen and oxygen atoms in total. The molecule has 0 atom stereocenters. The van der Waals surface area contributed by atoms with E-state index >= 15 is 0 Å². The number of amides is 1. The van der Waals surface area contributed by atoms with Gasteiger partial charge in [0.25, 0.3) is 11.5 Å². The van der Waals surface area contributed by atoms with Crippen LogP contribution in [0.25, 0.3) is 21.2 Å². The van der Waals surface area contributed by atoms with Crippen LogP contribution in [0.4, 0.5) is 4.39 Å². The van der Waals surface area contributed by atoms with Crippen LogP contribution in [-0.2, 0) is 7.05 Å². The van der Waals surface area contributed by atoms with Crippen molar-refractivity contribution in [2.75, 3.05) is 6.54 Å². The van der Waals surface area contributed by atoms with Crippen molar-refractivity contribution in [3.63, 3.8) is 0 Å². The van der Waals surface area contributed by atoms with E-state index in [4.69, 9.17) is 4.74 Å². The lowest BCUT2D eigenvalue weighted by molar-refractivity contribution is 0.0958. The molecule has 2 aromatic carbocycles. The van der Waals surface area contributed by atoms with Crippen molar-refractivity contribution < 1.29 is 18.7 Å². The molecule has 4 rings (SSSR count). The van der Waals surface area contributed by atoms with Crippen molar-refractivity contribution in [2.45, 2.75) is 20.8 Å². The van der Waals surface area contributed by atoms with Gasteiger partial charge in [0.05, 0.1) is 15.0 Å². The molecular formula is C26H23FN2O4S. The van der Waals surface area contributed by atoms with Gasteiger partial charge in [0, 0.05) is 36.5 Å². The minimum Gasteiger partial charge on any atom is -0.456 e. The Labute approximate surface area is 199 Å². The SMILES string of the molecule is CCNC(=O)c1cc2c(=O)n(C)cc(-c3cc(C(C)=O)ccc3Oc3ccc(F)cc3C)c2s1. The van der Waals surface area contributed by atoms with Gasteiger partial charge < -0.3 is 14.6 Å². The zero-order valence-electron chi connectivity index (χ0n) is 19.2. The fourth-order valence-electron chi connectivity index (χ4n) is 3.70. The van der Waals surface area contributed by atoms with Crippen LogP contribution in [0.1, 0.15) is 39.4 Å². The van der Waals surface area contributed by atoms with E-state index in [2.05, 4.69) is 5.32 Å². The van der Waals surface area contributed by atoms with E-state index in [9.17, 15) is 18.8 Å². The van der Waals surface area contributed by atoms with Gasteiger partial charge in [0.15, 0.2) is 5.78 Å². The summed E-state index contributed by atoms with van der Waals surface area (Å²) in [4.78, 5) is 37.9. The van der Waals surface area contributed by atoms with Gasteiger partial charge in [-0.2, -0.15) is 0 Å². The molecular weight excluding hydrogens is 455 g/mol. The van der Waals surface area contributed by atoms with Crippen LogP contribution in [0.15, 0.2) is 53.5 Å². The van der Waals surface area contributed by atoms with Crippen molar-refractivity contribution in [1.29, 1.82) is 0 Å². The molecule has 2 aromatic heterocycles. The number of ether oxygens (including phenoxy) is 1. The molecule has 0 bridgehead atoms. The molecule has 0 aliphatic rings. The summed E-state index contributed by atoms with van der Waals surface area (Å²) in [7, 11) is 1.63. The maximum atomic E-state index is 13.6. The minimum absolute atomic E-state index is 0.124. The Balaban J connectivity index is 1.96. The molecule has 0 fully saturated rings. The quantitative estimate of drug-likeness (QED) is 0.374. The average molecular weight is 479 g/mol. The molecule has 34 heavy (non-hydrogen) atoms. The first kappa shape index (κ1) is 23.4. The second-order valence-corrected chi connectivity index (χ2v) is 9.00. The summed E-state index contributed by atoms with van der Waals surface area (Å²) >= 11 is 1.21. The number of benzene rings is 2. The predicted molar refractivity (Wildman–Crippen MR) is 132 cm³/mol. The lowest BCUT2D eigenvalue weighted by Gasteiger charge is -2.15. The maximum absolute atomic E-state index is 13.6. The maximum Gasteiger partial charge on any atom is 0.261 e. The largest absolute Gasteiger partial charge is 0.456 e. The molecule has 0 aliphatic carbocycles. The first-order valence-electron chi connectivity index (χ1n) is 10.7. The number of nitrogens with zero attached hydrogens (tertiary/aromatic N) is 1. The third-order valence-electron chi connectivity index (χ3n) is 5.44. The minimum atomic E-state index is -0.367. The summed E-state index contributed by atoms with van der Waals surface area (Å²) in [6.07, 6.45) is 1.67. The van der Waals surface area contributed by atoms with Crippen molar-refractivity contribution in [3.8, 4) is 22.6 Å². The fraction of sp³-hybridized carbons (Fsp3) is 0.192. The normalized spacial score (nSPS) is 11.0. The van der Waals surface area contributed by atoms with Crippen molar-refractivity contribution >= 4 is 33.1 Å². The van der Waals surface area contributed by atoms with Crippen LogP contribution >= 0.6 is 11.3 Å². The van der Waals surface area contributed by atoms with E-state index in [1.54, 1.807) is 50.5 Å². The van der Waals surface area contributed by atoms with E-state index in [1.165, 1.54) is 35.0 Å². The van der Waals surface area contributed by atoms with Crippen molar-refractivity contribution in [3.05, 3.63) is 80.8 Å². The number of carbonyl (C=O) groups is 2. The number of carbonyl (C=O) groups excluding carboxylic acids is 2. The molecule has 0 unspecified atom stereocenters. The Hall–Kier alpha value is -3.78. The number of Topliss-reactive ketones (excluding diaryl/α,β-unsaturated/α-hetero) is 1. The van der Waals surface area contributed by atoms with E-state index in [0.717, 1.165) is 0 Å². The third kappa shape index (κ3) is 4.36. The molecule has 8 heteroatoms. The first-order valence-corrected chi connectivity index (χ1v) is 11.5. The number of thiophene rings is 1. The van der Waals surface area contributed by atoms with Crippen molar-refractivity contribution in [2.24, 2.45) is 7.05 Å². The topological polar surface area (TPSA) is 77.4 Å². The average Bonchev–Trinajstić information content (AvgIpc) is 3.24. The number of fused-ring (bicyclic) bond motifs is 1. The van der Waals surface area contributed by atoms with E-state index in [1.807, 2.05) is 6.92 Å². The van der Waals surface area contributed by atoms with Gasteiger partial charge in [-0.3, -0.25) is 14.4 Å². The molecule has 2 heterocycles. The van der Waals surface area contributed by atoms with Crippen LogP contribution in [0.5, 0.6) is 11.5 Å². The number of hydrogen-bond donors (Lipinski definition) is 1. The van der Waals surface area contributed by atoms with E-state index in [0.29, 0.717) is 55.3 Å². The number of rotatable bonds is 6. The second kappa shape index (κ2) is 9.23.